The van der Waals surface area contributed by atoms with E-state index in [4.69, 9.17) is 0 Å². The Morgan fingerprint density at radius 3 is 2.37 bits per heavy atom. The first-order valence-corrected chi connectivity index (χ1v) is 8.55. The molecule has 0 radical (unpaired) electrons. The standard InChI is InChI=1S/C17H34N2/c1-13(2)15-6-5-10-19(11-9-15)17-8-7-16(17)12-18-14(3)4/h13-18H,5-12H2,1-4H3. The molecule has 0 aromatic carbocycles. The highest BCUT2D eigenvalue weighted by atomic mass is 15.2. The van der Waals surface area contributed by atoms with Crippen LogP contribution in [0.1, 0.15) is 59.8 Å². The van der Waals surface area contributed by atoms with E-state index in [1.165, 1.54) is 51.7 Å². The zero-order valence-corrected chi connectivity index (χ0v) is 13.5. The predicted molar refractivity (Wildman–Crippen MR) is 83.4 cm³/mol. The molecule has 2 nitrogen and oxygen atoms in total. The third-order valence-electron chi connectivity index (χ3n) is 5.38. The molecule has 1 N–H and O–H groups in total. The molecule has 2 heteroatoms. The maximum absolute atomic E-state index is 3.63. The maximum Gasteiger partial charge on any atom is 0.0136 e. The Kier molecular flexibility index (Phi) is 5.70. The first kappa shape index (κ1) is 15.3. The van der Waals surface area contributed by atoms with Gasteiger partial charge in [-0.25, -0.2) is 0 Å². The Morgan fingerprint density at radius 1 is 1.00 bits per heavy atom. The molecular formula is C17H34N2. The molecule has 0 amide bonds. The lowest BCUT2D eigenvalue weighted by Crippen LogP contribution is -2.51. The Labute approximate surface area is 120 Å². The molecule has 2 fully saturated rings. The van der Waals surface area contributed by atoms with Crippen molar-refractivity contribution in [2.75, 3.05) is 19.6 Å². The first-order chi connectivity index (χ1) is 9.08. The number of likely N-dealkylation sites (tertiary alicyclic amines) is 1. The summed E-state index contributed by atoms with van der Waals surface area (Å²) in [6, 6.07) is 1.52. The van der Waals surface area contributed by atoms with Gasteiger partial charge in [-0.15, -0.1) is 0 Å². The van der Waals surface area contributed by atoms with E-state index in [0.717, 1.165) is 23.8 Å². The van der Waals surface area contributed by atoms with Gasteiger partial charge in [-0.1, -0.05) is 27.7 Å². The van der Waals surface area contributed by atoms with Gasteiger partial charge in [-0.05, 0) is 69.5 Å². The Bertz CT molecular complexity index is 262. The minimum absolute atomic E-state index is 0.635. The van der Waals surface area contributed by atoms with Gasteiger partial charge in [0.15, 0.2) is 0 Å². The second-order valence-corrected chi connectivity index (χ2v) is 7.44. The molecule has 3 unspecified atom stereocenters. The monoisotopic (exact) mass is 266 g/mol. The van der Waals surface area contributed by atoms with Crippen molar-refractivity contribution < 1.29 is 0 Å². The molecule has 1 saturated heterocycles. The van der Waals surface area contributed by atoms with Crippen LogP contribution in [0.4, 0.5) is 0 Å². The van der Waals surface area contributed by atoms with Crippen LogP contribution < -0.4 is 5.32 Å². The van der Waals surface area contributed by atoms with Crippen molar-refractivity contribution in [1.82, 2.24) is 10.2 Å². The molecule has 0 aromatic heterocycles. The van der Waals surface area contributed by atoms with E-state index in [0.29, 0.717) is 6.04 Å². The van der Waals surface area contributed by atoms with Crippen LogP contribution in [-0.4, -0.2) is 36.6 Å². The number of nitrogens with zero attached hydrogens (tertiary/aromatic N) is 1. The van der Waals surface area contributed by atoms with Crippen LogP contribution in [0.3, 0.4) is 0 Å². The van der Waals surface area contributed by atoms with Crippen LogP contribution in [0.2, 0.25) is 0 Å². The van der Waals surface area contributed by atoms with Crippen LogP contribution in [0, 0.1) is 17.8 Å². The molecule has 3 atom stereocenters. The summed E-state index contributed by atoms with van der Waals surface area (Å²) in [4.78, 5) is 2.82. The number of hydrogen-bond donors (Lipinski definition) is 1. The zero-order chi connectivity index (χ0) is 13.8. The molecule has 1 aliphatic heterocycles. The van der Waals surface area contributed by atoms with Gasteiger partial charge in [-0.3, -0.25) is 0 Å². The third-order valence-corrected chi connectivity index (χ3v) is 5.38. The molecule has 112 valence electrons. The zero-order valence-electron chi connectivity index (χ0n) is 13.5. The molecule has 1 heterocycles. The van der Waals surface area contributed by atoms with Gasteiger partial charge in [-0.2, -0.15) is 0 Å². The van der Waals surface area contributed by atoms with Crippen molar-refractivity contribution in [3.63, 3.8) is 0 Å². The van der Waals surface area contributed by atoms with Gasteiger partial charge < -0.3 is 10.2 Å². The smallest absolute Gasteiger partial charge is 0.0136 e. The van der Waals surface area contributed by atoms with Crippen molar-refractivity contribution >= 4 is 0 Å². The largest absolute Gasteiger partial charge is 0.314 e. The lowest BCUT2D eigenvalue weighted by atomic mass is 9.78. The fourth-order valence-corrected chi connectivity index (χ4v) is 3.80. The highest BCUT2D eigenvalue weighted by molar-refractivity contribution is 4.91. The molecule has 2 rings (SSSR count). The molecule has 0 bridgehead atoms. The molecule has 1 saturated carbocycles. The van der Waals surface area contributed by atoms with Gasteiger partial charge in [0.1, 0.15) is 0 Å². The Balaban J connectivity index is 1.78. The molecule has 0 spiro atoms. The average Bonchev–Trinajstić information content (AvgIpc) is 2.53. The van der Waals surface area contributed by atoms with E-state index in [1.807, 2.05) is 0 Å². The fraction of sp³-hybridized carbons (Fsp3) is 1.00. The minimum Gasteiger partial charge on any atom is -0.314 e. The predicted octanol–water partition coefficient (Wildman–Crippen LogP) is 3.52. The fourth-order valence-electron chi connectivity index (χ4n) is 3.80. The summed E-state index contributed by atoms with van der Waals surface area (Å²) in [5, 5.41) is 3.63. The van der Waals surface area contributed by atoms with E-state index in [2.05, 4.69) is 37.9 Å². The van der Waals surface area contributed by atoms with Crippen LogP contribution in [0.5, 0.6) is 0 Å². The van der Waals surface area contributed by atoms with E-state index < -0.39 is 0 Å². The van der Waals surface area contributed by atoms with E-state index >= 15 is 0 Å². The topological polar surface area (TPSA) is 15.3 Å². The van der Waals surface area contributed by atoms with Crippen LogP contribution in [0.15, 0.2) is 0 Å². The number of hydrogen-bond acceptors (Lipinski definition) is 2. The van der Waals surface area contributed by atoms with Crippen molar-refractivity contribution in [2.45, 2.75) is 71.9 Å². The van der Waals surface area contributed by atoms with E-state index in [1.54, 1.807) is 0 Å². The summed E-state index contributed by atoms with van der Waals surface area (Å²) in [6.07, 6.45) is 7.18. The average molecular weight is 266 g/mol. The minimum atomic E-state index is 0.635. The van der Waals surface area contributed by atoms with Crippen molar-refractivity contribution in [2.24, 2.45) is 17.8 Å². The van der Waals surface area contributed by atoms with Crippen LogP contribution >= 0.6 is 0 Å². The van der Waals surface area contributed by atoms with Crippen LogP contribution in [0.25, 0.3) is 0 Å². The van der Waals surface area contributed by atoms with Crippen molar-refractivity contribution in [3.8, 4) is 0 Å². The summed E-state index contributed by atoms with van der Waals surface area (Å²) < 4.78 is 0. The van der Waals surface area contributed by atoms with Gasteiger partial charge in [0.05, 0.1) is 0 Å². The van der Waals surface area contributed by atoms with Gasteiger partial charge in [0, 0.05) is 12.1 Å². The molecule has 1 aliphatic carbocycles. The summed E-state index contributed by atoms with van der Waals surface area (Å²) in [6.45, 7) is 13.3. The number of rotatable bonds is 5. The highest BCUT2D eigenvalue weighted by Crippen LogP contribution is 2.34. The quantitative estimate of drug-likeness (QED) is 0.819. The second kappa shape index (κ2) is 7.08. The van der Waals surface area contributed by atoms with E-state index in [9.17, 15) is 0 Å². The van der Waals surface area contributed by atoms with Crippen molar-refractivity contribution in [3.05, 3.63) is 0 Å². The van der Waals surface area contributed by atoms with Gasteiger partial charge >= 0.3 is 0 Å². The van der Waals surface area contributed by atoms with Gasteiger partial charge in [0.25, 0.3) is 0 Å². The van der Waals surface area contributed by atoms with Crippen molar-refractivity contribution in [1.29, 1.82) is 0 Å². The summed E-state index contributed by atoms with van der Waals surface area (Å²) in [5.74, 6) is 2.76. The summed E-state index contributed by atoms with van der Waals surface area (Å²) in [7, 11) is 0. The lowest BCUT2D eigenvalue weighted by Gasteiger charge is -2.44. The summed E-state index contributed by atoms with van der Waals surface area (Å²) >= 11 is 0. The normalized spacial score (nSPS) is 33.5. The first-order valence-electron chi connectivity index (χ1n) is 8.55. The maximum atomic E-state index is 3.63. The highest BCUT2D eigenvalue weighted by Gasteiger charge is 2.36. The second-order valence-electron chi connectivity index (χ2n) is 7.44. The van der Waals surface area contributed by atoms with Gasteiger partial charge in [0.2, 0.25) is 0 Å². The van der Waals surface area contributed by atoms with E-state index in [-0.39, 0.29) is 0 Å². The molecule has 19 heavy (non-hydrogen) atoms. The Hall–Kier alpha value is -0.0800. The third kappa shape index (κ3) is 4.19. The molecular weight excluding hydrogens is 232 g/mol. The molecule has 2 aliphatic rings. The van der Waals surface area contributed by atoms with Crippen LogP contribution in [-0.2, 0) is 0 Å². The number of nitrogens with one attached hydrogen (secondary N) is 1. The molecule has 0 aromatic rings. The lowest BCUT2D eigenvalue weighted by molar-refractivity contribution is 0.0621. The summed E-state index contributed by atoms with van der Waals surface area (Å²) in [5.41, 5.74) is 0. The SMILES string of the molecule is CC(C)NCC1CCC1N1CCCC(C(C)C)CC1. The Morgan fingerprint density at radius 2 is 1.79 bits per heavy atom.